The molecular formula is C76H94O4. The summed E-state index contributed by atoms with van der Waals surface area (Å²) in [5.74, 6) is 3.48. The van der Waals surface area contributed by atoms with Gasteiger partial charge in [-0.2, -0.15) is 0 Å². The van der Waals surface area contributed by atoms with E-state index in [0.717, 1.165) is 23.0 Å². The van der Waals surface area contributed by atoms with Gasteiger partial charge in [0.25, 0.3) is 0 Å². The highest BCUT2D eigenvalue weighted by molar-refractivity contribution is 6.32. The molecule has 2 aliphatic carbocycles. The summed E-state index contributed by atoms with van der Waals surface area (Å²) >= 11 is 0. The van der Waals surface area contributed by atoms with Crippen LogP contribution in [0, 0.1) is 55.4 Å². The fourth-order valence-electron chi connectivity index (χ4n) is 13.3. The fraction of sp³-hybridized carbons (Fsp3) is 0.421. The van der Waals surface area contributed by atoms with Crippen LogP contribution in [0.1, 0.15) is 173 Å². The van der Waals surface area contributed by atoms with Crippen molar-refractivity contribution in [2.45, 2.75) is 184 Å². The molecule has 0 fully saturated rings. The SMILES string of the molecule is C1=C/CCCCCCCCCC/1.C1=C/CCCCCCCCCC/1.COc1cc(C)c(-c2cc(-c3c(C)cc(OC)cc3C)c3ccc4c(-c5c(C)cc(OC)cc5C)cc(-c5c(C)cc(OC)cc5C)c5ccc2c3c54)c(C)c1. The molecule has 4 nitrogen and oxygen atoms in total. The van der Waals surface area contributed by atoms with E-state index >= 15 is 0 Å². The number of aryl methyl sites for hydroxylation is 8. The molecule has 10 rings (SSSR count). The lowest BCUT2D eigenvalue weighted by molar-refractivity contribution is 0.414. The van der Waals surface area contributed by atoms with E-state index in [1.165, 1.54) is 250 Å². The van der Waals surface area contributed by atoms with Crippen LogP contribution in [-0.2, 0) is 0 Å². The molecule has 0 aliphatic heterocycles. The Hall–Kier alpha value is -6.52. The quantitative estimate of drug-likeness (QED) is 0.112. The van der Waals surface area contributed by atoms with Gasteiger partial charge in [0.1, 0.15) is 23.0 Å². The number of hydrogen-bond acceptors (Lipinski definition) is 4. The minimum atomic E-state index is 0.869. The smallest absolute Gasteiger partial charge is 0.119 e. The fourth-order valence-corrected chi connectivity index (χ4v) is 13.3. The summed E-state index contributed by atoms with van der Waals surface area (Å²) < 4.78 is 23.0. The number of benzene rings is 8. The number of hydrogen-bond donors (Lipinski definition) is 0. The average Bonchev–Trinajstić information content (AvgIpc) is 3.54. The molecule has 0 radical (unpaired) electrons. The van der Waals surface area contributed by atoms with Crippen molar-refractivity contribution in [2.75, 3.05) is 28.4 Å². The molecule has 0 saturated heterocycles. The highest BCUT2D eigenvalue weighted by atomic mass is 16.5. The molecule has 2 aliphatic rings. The van der Waals surface area contributed by atoms with Gasteiger partial charge < -0.3 is 18.9 Å². The molecule has 422 valence electrons. The zero-order valence-corrected chi connectivity index (χ0v) is 51.2. The molecule has 0 atom stereocenters. The monoisotopic (exact) mass is 1070 g/mol. The second-order valence-corrected chi connectivity index (χ2v) is 23.3. The van der Waals surface area contributed by atoms with E-state index in [9.17, 15) is 0 Å². The van der Waals surface area contributed by atoms with E-state index in [1.54, 1.807) is 28.4 Å². The second-order valence-electron chi connectivity index (χ2n) is 23.3. The van der Waals surface area contributed by atoms with Crippen molar-refractivity contribution >= 4 is 32.3 Å². The molecule has 0 heterocycles. The Morgan fingerprint density at radius 1 is 0.237 bits per heavy atom. The van der Waals surface area contributed by atoms with Crippen molar-refractivity contribution in [1.82, 2.24) is 0 Å². The Labute approximate surface area is 482 Å². The molecule has 0 amide bonds. The number of methoxy groups -OCH3 is 4. The predicted molar refractivity (Wildman–Crippen MR) is 347 cm³/mol. The van der Waals surface area contributed by atoms with Gasteiger partial charge in [-0.1, -0.05) is 126 Å². The summed E-state index contributed by atoms with van der Waals surface area (Å²) in [5, 5.41) is 7.47. The van der Waals surface area contributed by atoms with Crippen LogP contribution in [0.2, 0.25) is 0 Å². The molecule has 0 saturated carbocycles. The lowest BCUT2D eigenvalue weighted by Crippen LogP contribution is -2.00. The Balaban J connectivity index is 0.000000288. The van der Waals surface area contributed by atoms with E-state index < -0.39 is 0 Å². The molecule has 80 heavy (non-hydrogen) atoms. The molecule has 8 aromatic carbocycles. The summed E-state index contributed by atoms with van der Waals surface area (Å²) in [6, 6.07) is 31.6. The van der Waals surface area contributed by atoms with Gasteiger partial charge in [0.2, 0.25) is 0 Å². The Bertz CT molecular complexity index is 2890. The van der Waals surface area contributed by atoms with Crippen LogP contribution < -0.4 is 18.9 Å². The molecule has 4 heteroatoms. The molecule has 0 unspecified atom stereocenters. The number of allylic oxidation sites excluding steroid dienone is 4. The van der Waals surface area contributed by atoms with Gasteiger partial charge >= 0.3 is 0 Å². The van der Waals surface area contributed by atoms with Crippen LogP contribution in [0.5, 0.6) is 23.0 Å². The van der Waals surface area contributed by atoms with Crippen molar-refractivity contribution in [3.8, 4) is 67.5 Å². The summed E-state index contributed by atoms with van der Waals surface area (Å²) in [5.41, 5.74) is 19.3. The van der Waals surface area contributed by atoms with Crippen molar-refractivity contribution < 1.29 is 18.9 Å². The number of rotatable bonds is 8. The standard InChI is InChI=1S/C52H50O4.2C12H22/c1-27-17-35(53-9)18-28(2)47(27)43-25-44(48-29(3)19-36(54-10)20-30(48)4)40-15-16-42-46(50-33(7)23-38(56-12)24-34(50)8)26-45(41-14-13-39(43)51(40)52(41)42)49-31(5)21-37(55-11)22-32(49)6;2*1-2-4-6-8-10-12-11-9-7-5-3-1/h13-26H,1-12H3;2*1-2H,3-12H2/b;2*2-1+. The van der Waals surface area contributed by atoms with Gasteiger partial charge in [0, 0.05) is 0 Å². The minimum Gasteiger partial charge on any atom is -0.497 e. The molecule has 0 N–H and O–H groups in total. The maximum atomic E-state index is 5.74. The van der Waals surface area contributed by atoms with Crippen molar-refractivity contribution in [1.29, 1.82) is 0 Å². The van der Waals surface area contributed by atoms with E-state index in [4.69, 9.17) is 18.9 Å². The lowest BCUT2D eigenvalue weighted by Gasteiger charge is -2.25. The maximum Gasteiger partial charge on any atom is 0.119 e. The highest BCUT2D eigenvalue weighted by Crippen LogP contribution is 2.52. The molecule has 0 aromatic heterocycles. The lowest BCUT2D eigenvalue weighted by atomic mass is 9.79. The zero-order chi connectivity index (χ0) is 56.7. The van der Waals surface area contributed by atoms with Gasteiger partial charge in [-0.05, 0) is 289 Å². The van der Waals surface area contributed by atoms with Crippen LogP contribution >= 0.6 is 0 Å². The average molecular weight is 1070 g/mol. The highest BCUT2D eigenvalue weighted by Gasteiger charge is 2.25. The third-order valence-electron chi connectivity index (χ3n) is 17.3. The second kappa shape index (κ2) is 28.8. The zero-order valence-electron chi connectivity index (χ0n) is 51.2. The summed E-state index contributed by atoms with van der Waals surface area (Å²) in [4.78, 5) is 0. The Kier molecular flexibility index (Phi) is 21.4. The first-order valence-electron chi connectivity index (χ1n) is 30.6. The van der Waals surface area contributed by atoms with Gasteiger partial charge in [-0.25, -0.2) is 0 Å². The Morgan fingerprint density at radius 2 is 0.412 bits per heavy atom. The molecule has 0 spiro atoms. The normalized spacial score (nSPS) is 15.7. The van der Waals surface area contributed by atoms with Crippen molar-refractivity contribution in [2.24, 2.45) is 0 Å². The first kappa shape index (κ1) is 59.6. The van der Waals surface area contributed by atoms with Crippen LogP contribution in [0.3, 0.4) is 0 Å². The van der Waals surface area contributed by atoms with Crippen LogP contribution in [0.4, 0.5) is 0 Å². The first-order chi connectivity index (χ1) is 38.9. The van der Waals surface area contributed by atoms with Crippen LogP contribution in [0.25, 0.3) is 76.8 Å². The summed E-state index contributed by atoms with van der Waals surface area (Å²) in [6.45, 7) is 17.6. The minimum absolute atomic E-state index is 0.869. The molecular weight excluding hydrogens is 977 g/mol. The largest absolute Gasteiger partial charge is 0.497 e. The van der Waals surface area contributed by atoms with Crippen molar-refractivity contribution in [3.05, 3.63) is 154 Å². The topological polar surface area (TPSA) is 36.9 Å². The van der Waals surface area contributed by atoms with Gasteiger partial charge in [0.15, 0.2) is 0 Å². The van der Waals surface area contributed by atoms with Crippen LogP contribution in [0.15, 0.2) is 109 Å². The van der Waals surface area contributed by atoms with Crippen molar-refractivity contribution in [3.63, 3.8) is 0 Å². The molecule has 8 aromatic rings. The van der Waals surface area contributed by atoms with E-state index in [1.807, 2.05) is 0 Å². The van der Waals surface area contributed by atoms with Gasteiger partial charge in [0.05, 0.1) is 28.4 Å². The predicted octanol–water partition coefficient (Wildman–Crippen LogP) is 22.7. The summed E-state index contributed by atoms with van der Waals surface area (Å²) in [7, 11) is 6.96. The number of ether oxygens (including phenoxy) is 4. The first-order valence-corrected chi connectivity index (χ1v) is 30.6. The van der Waals surface area contributed by atoms with E-state index in [2.05, 4.69) is 165 Å². The Morgan fingerprint density at radius 3 is 0.588 bits per heavy atom. The van der Waals surface area contributed by atoms with Gasteiger partial charge in [-0.15, -0.1) is 0 Å². The maximum absolute atomic E-state index is 5.74. The van der Waals surface area contributed by atoms with Crippen LogP contribution in [-0.4, -0.2) is 28.4 Å². The van der Waals surface area contributed by atoms with E-state index in [0.29, 0.717) is 0 Å². The van der Waals surface area contributed by atoms with E-state index in [-0.39, 0.29) is 0 Å². The third kappa shape index (κ3) is 14.0. The summed E-state index contributed by atoms with van der Waals surface area (Å²) in [6.07, 6.45) is 38.0. The van der Waals surface area contributed by atoms with Gasteiger partial charge in [-0.3, -0.25) is 0 Å². The third-order valence-corrected chi connectivity index (χ3v) is 17.3. The molecule has 0 bridgehead atoms.